The summed E-state index contributed by atoms with van der Waals surface area (Å²) in [5.41, 5.74) is 1.73. The van der Waals surface area contributed by atoms with Crippen molar-refractivity contribution in [2.75, 3.05) is 0 Å². The normalized spacial score (nSPS) is 10.7. The molecule has 0 atom stereocenters. The molecule has 2 aromatic carbocycles. The minimum atomic E-state index is -0.233. The predicted molar refractivity (Wildman–Crippen MR) is 70.3 cm³/mol. The molecule has 2 rings (SSSR count). The van der Waals surface area contributed by atoms with Gasteiger partial charge in [0.1, 0.15) is 0 Å². The number of carbonyl (C=O) groups is 1. The molecule has 3 heteroatoms. The number of carbonyl (C=O) groups excluding carboxylic acids is 1. The molecule has 0 saturated carbocycles. The SMILES string of the molecule is C/C(=C\c1ccccc1)C(=O)c1ccccc1[O-].[Na+]. The zero-order chi connectivity index (χ0) is 13.0. The topological polar surface area (TPSA) is 40.1 Å². The fourth-order valence-corrected chi connectivity index (χ4v) is 1.73. The third-order valence-electron chi connectivity index (χ3n) is 2.67. The number of benzene rings is 2. The quantitative estimate of drug-likeness (QED) is 0.444. The van der Waals surface area contributed by atoms with Gasteiger partial charge in [-0.2, -0.15) is 0 Å². The maximum Gasteiger partial charge on any atom is 1.00 e. The van der Waals surface area contributed by atoms with Crippen molar-refractivity contribution in [3.8, 4) is 5.75 Å². The second kappa shape index (κ2) is 7.29. The Bertz CT molecular complexity index is 589. The molecule has 0 amide bonds. The maximum absolute atomic E-state index is 12.1. The van der Waals surface area contributed by atoms with Crippen LogP contribution in [0.1, 0.15) is 22.8 Å². The van der Waals surface area contributed by atoms with Crippen LogP contribution in [0.15, 0.2) is 60.2 Å². The van der Waals surface area contributed by atoms with Crippen LogP contribution in [0.3, 0.4) is 0 Å². The molecular formula is C16H13NaO2. The van der Waals surface area contributed by atoms with Gasteiger partial charge >= 0.3 is 29.6 Å². The Balaban J connectivity index is 0.00000180. The molecule has 0 spiro atoms. The van der Waals surface area contributed by atoms with Crippen LogP contribution in [-0.2, 0) is 0 Å². The second-order valence-electron chi connectivity index (χ2n) is 4.06. The van der Waals surface area contributed by atoms with Gasteiger partial charge in [-0.3, -0.25) is 4.79 Å². The molecule has 0 radical (unpaired) electrons. The summed E-state index contributed by atoms with van der Waals surface area (Å²) in [6, 6.07) is 15.9. The fourth-order valence-electron chi connectivity index (χ4n) is 1.73. The second-order valence-corrected chi connectivity index (χ2v) is 4.06. The Morgan fingerprint density at radius 1 is 1.00 bits per heavy atom. The van der Waals surface area contributed by atoms with Crippen molar-refractivity contribution in [1.82, 2.24) is 0 Å². The first-order valence-corrected chi connectivity index (χ1v) is 5.72. The van der Waals surface area contributed by atoms with Crippen molar-refractivity contribution in [1.29, 1.82) is 0 Å². The van der Waals surface area contributed by atoms with Gasteiger partial charge in [-0.15, -0.1) is 0 Å². The summed E-state index contributed by atoms with van der Waals surface area (Å²) in [7, 11) is 0. The zero-order valence-electron chi connectivity index (χ0n) is 11.1. The van der Waals surface area contributed by atoms with E-state index in [1.807, 2.05) is 30.3 Å². The van der Waals surface area contributed by atoms with Crippen LogP contribution in [-0.4, -0.2) is 5.78 Å². The first kappa shape index (κ1) is 15.7. The molecule has 0 heterocycles. The molecule has 0 aliphatic rings. The predicted octanol–water partition coefficient (Wildman–Crippen LogP) is 0.0504. The van der Waals surface area contributed by atoms with Gasteiger partial charge in [0.15, 0.2) is 5.78 Å². The number of rotatable bonds is 3. The van der Waals surface area contributed by atoms with E-state index in [0.717, 1.165) is 5.56 Å². The first-order valence-electron chi connectivity index (χ1n) is 5.72. The Kier molecular flexibility index (Phi) is 6.03. The molecule has 90 valence electrons. The van der Waals surface area contributed by atoms with Gasteiger partial charge < -0.3 is 5.11 Å². The fraction of sp³-hybridized carbons (Fsp3) is 0.0625. The first-order chi connectivity index (χ1) is 8.68. The van der Waals surface area contributed by atoms with E-state index < -0.39 is 0 Å². The Labute approximate surface area is 135 Å². The molecule has 0 fully saturated rings. The van der Waals surface area contributed by atoms with Crippen molar-refractivity contribution in [3.05, 3.63) is 71.3 Å². The van der Waals surface area contributed by atoms with Crippen molar-refractivity contribution < 1.29 is 39.5 Å². The van der Waals surface area contributed by atoms with Gasteiger partial charge in [-0.05, 0) is 24.1 Å². The molecule has 0 aliphatic carbocycles. The van der Waals surface area contributed by atoms with Crippen LogP contribution >= 0.6 is 0 Å². The largest absolute Gasteiger partial charge is 1.00 e. The van der Waals surface area contributed by atoms with E-state index in [0.29, 0.717) is 5.57 Å². The molecule has 0 aromatic heterocycles. The van der Waals surface area contributed by atoms with Crippen LogP contribution in [0.2, 0.25) is 0 Å². The summed E-state index contributed by atoms with van der Waals surface area (Å²) >= 11 is 0. The third kappa shape index (κ3) is 4.06. The average molecular weight is 260 g/mol. The Morgan fingerprint density at radius 3 is 2.21 bits per heavy atom. The summed E-state index contributed by atoms with van der Waals surface area (Å²) in [6.07, 6.45) is 1.79. The van der Waals surface area contributed by atoms with E-state index in [1.165, 1.54) is 6.07 Å². The summed E-state index contributed by atoms with van der Waals surface area (Å²) in [4.78, 5) is 12.1. The molecule has 2 aromatic rings. The van der Waals surface area contributed by atoms with Gasteiger partial charge in [-0.25, -0.2) is 0 Å². The number of para-hydroxylation sites is 1. The van der Waals surface area contributed by atoms with Crippen LogP contribution in [0.5, 0.6) is 5.75 Å². The van der Waals surface area contributed by atoms with Crippen LogP contribution in [0, 0.1) is 0 Å². The van der Waals surface area contributed by atoms with Gasteiger partial charge in [-0.1, -0.05) is 60.3 Å². The van der Waals surface area contributed by atoms with Crippen molar-refractivity contribution >= 4 is 11.9 Å². The minimum Gasteiger partial charge on any atom is -0.872 e. The molecular weight excluding hydrogens is 247 g/mol. The molecule has 0 unspecified atom stereocenters. The molecule has 2 nitrogen and oxygen atoms in total. The molecule has 0 aliphatic heterocycles. The van der Waals surface area contributed by atoms with Crippen LogP contribution < -0.4 is 34.7 Å². The minimum absolute atomic E-state index is 0. The van der Waals surface area contributed by atoms with Gasteiger partial charge in [0, 0.05) is 5.56 Å². The number of Topliss-reactive ketones (excluding diaryl/α,β-unsaturated/α-hetero) is 1. The Hall–Kier alpha value is -1.35. The summed E-state index contributed by atoms with van der Waals surface area (Å²) in [5, 5.41) is 11.6. The summed E-state index contributed by atoms with van der Waals surface area (Å²) in [5.74, 6) is -0.451. The van der Waals surface area contributed by atoms with Gasteiger partial charge in [0.2, 0.25) is 0 Å². The average Bonchev–Trinajstić information content (AvgIpc) is 2.39. The molecule has 0 bridgehead atoms. The number of hydrogen-bond acceptors (Lipinski definition) is 2. The third-order valence-corrected chi connectivity index (χ3v) is 2.67. The number of ketones is 1. The smallest absolute Gasteiger partial charge is 0.872 e. The monoisotopic (exact) mass is 260 g/mol. The van der Waals surface area contributed by atoms with E-state index in [9.17, 15) is 9.90 Å². The summed E-state index contributed by atoms with van der Waals surface area (Å²) in [6.45, 7) is 1.72. The van der Waals surface area contributed by atoms with Crippen molar-refractivity contribution in [2.45, 2.75) is 6.92 Å². The molecule has 0 N–H and O–H groups in total. The van der Waals surface area contributed by atoms with E-state index in [1.54, 1.807) is 31.2 Å². The van der Waals surface area contributed by atoms with E-state index >= 15 is 0 Å². The van der Waals surface area contributed by atoms with Crippen molar-refractivity contribution in [2.24, 2.45) is 0 Å². The maximum atomic E-state index is 12.1. The van der Waals surface area contributed by atoms with E-state index in [-0.39, 0.29) is 46.7 Å². The van der Waals surface area contributed by atoms with Gasteiger partial charge in [0.05, 0.1) is 0 Å². The summed E-state index contributed by atoms with van der Waals surface area (Å²) < 4.78 is 0. The van der Waals surface area contributed by atoms with Crippen LogP contribution in [0.25, 0.3) is 6.08 Å². The molecule has 19 heavy (non-hydrogen) atoms. The number of hydrogen-bond donors (Lipinski definition) is 0. The van der Waals surface area contributed by atoms with E-state index in [4.69, 9.17) is 0 Å². The zero-order valence-corrected chi connectivity index (χ0v) is 13.1. The van der Waals surface area contributed by atoms with Crippen LogP contribution in [0.4, 0.5) is 0 Å². The van der Waals surface area contributed by atoms with Gasteiger partial charge in [0.25, 0.3) is 0 Å². The van der Waals surface area contributed by atoms with E-state index in [2.05, 4.69) is 0 Å². The molecule has 0 saturated heterocycles. The number of allylic oxidation sites excluding steroid dienone is 1. The standard InChI is InChI=1S/C16H14O2.Na/c1-12(11-13-7-3-2-4-8-13)16(18)14-9-5-6-10-15(14)17;/h2-11,17H,1H3;/q;+1/p-1/b12-11+;. The Morgan fingerprint density at radius 2 is 1.58 bits per heavy atom. The van der Waals surface area contributed by atoms with Crippen molar-refractivity contribution in [3.63, 3.8) is 0 Å².